The summed E-state index contributed by atoms with van der Waals surface area (Å²) in [4.78, 5) is 6.94. The highest BCUT2D eigenvalue weighted by Gasteiger charge is 2.44. The summed E-state index contributed by atoms with van der Waals surface area (Å²) in [7, 11) is 0. The van der Waals surface area contributed by atoms with E-state index in [1.807, 2.05) is 12.4 Å². The van der Waals surface area contributed by atoms with Gasteiger partial charge >= 0.3 is 0 Å². The van der Waals surface area contributed by atoms with Gasteiger partial charge in [0.05, 0.1) is 12.2 Å². The predicted molar refractivity (Wildman–Crippen MR) is 101 cm³/mol. The van der Waals surface area contributed by atoms with E-state index in [0.717, 1.165) is 26.0 Å². The molecular weight excluding hydrogens is 310 g/mol. The van der Waals surface area contributed by atoms with E-state index in [0.29, 0.717) is 5.41 Å². The van der Waals surface area contributed by atoms with Gasteiger partial charge in [-0.05, 0) is 89.0 Å². The van der Waals surface area contributed by atoms with Crippen LogP contribution in [0.2, 0.25) is 0 Å². The van der Waals surface area contributed by atoms with Gasteiger partial charge in [-0.25, -0.2) is 0 Å². The van der Waals surface area contributed by atoms with Crippen LogP contribution in [0.4, 0.5) is 0 Å². The maximum atomic E-state index is 6.66. The molecule has 2 saturated heterocycles. The van der Waals surface area contributed by atoms with Gasteiger partial charge in [0.25, 0.3) is 0 Å². The number of hydrogen-bond acceptors (Lipinski definition) is 4. The number of nitrogens with one attached hydrogen (secondary N) is 1. The molecule has 138 valence electrons. The van der Waals surface area contributed by atoms with E-state index in [-0.39, 0.29) is 5.60 Å². The molecule has 1 spiro atoms. The molecule has 0 radical (unpaired) electrons. The average Bonchev–Trinajstić information content (AvgIpc) is 3.19. The fourth-order valence-electron chi connectivity index (χ4n) is 5.17. The van der Waals surface area contributed by atoms with E-state index >= 15 is 0 Å². The molecule has 0 aromatic carbocycles. The predicted octanol–water partition coefficient (Wildman–Crippen LogP) is 3.33. The van der Waals surface area contributed by atoms with Crippen LogP contribution in [0.5, 0.6) is 0 Å². The van der Waals surface area contributed by atoms with Crippen molar-refractivity contribution in [1.82, 2.24) is 15.2 Å². The van der Waals surface area contributed by atoms with Crippen molar-refractivity contribution in [2.24, 2.45) is 5.41 Å². The second kappa shape index (κ2) is 7.73. The molecular formula is C21H33N3O. The maximum Gasteiger partial charge on any atom is 0.0947 e. The summed E-state index contributed by atoms with van der Waals surface area (Å²) >= 11 is 0. The van der Waals surface area contributed by atoms with Crippen LogP contribution in [0.1, 0.15) is 56.9 Å². The molecule has 1 N–H and O–H groups in total. The zero-order valence-corrected chi connectivity index (χ0v) is 15.5. The van der Waals surface area contributed by atoms with Crippen LogP contribution in [-0.4, -0.2) is 49.2 Å². The van der Waals surface area contributed by atoms with Crippen molar-refractivity contribution in [3.05, 3.63) is 30.1 Å². The van der Waals surface area contributed by atoms with Gasteiger partial charge in [-0.1, -0.05) is 6.07 Å². The fraction of sp³-hybridized carbons (Fsp3) is 0.762. The lowest BCUT2D eigenvalue weighted by Crippen LogP contribution is -2.45. The largest absolute Gasteiger partial charge is 0.369 e. The Bertz CT molecular complexity index is 525. The van der Waals surface area contributed by atoms with Gasteiger partial charge in [0.1, 0.15) is 0 Å². The Hall–Kier alpha value is -0.970. The van der Waals surface area contributed by atoms with Crippen LogP contribution in [0.3, 0.4) is 0 Å². The summed E-state index contributed by atoms with van der Waals surface area (Å²) < 4.78 is 6.66. The molecule has 25 heavy (non-hydrogen) atoms. The van der Waals surface area contributed by atoms with Crippen LogP contribution >= 0.6 is 0 Å². The summed E-state index contributed by atoms with van der Waals surface area (Å²) in [5.74, 6) is 0. The first-order valence-electron chi connectivity index (χ1n) is 10.3. The summed E-state index contributed by atoms with van der Waals surface area (Å²) in [6, 6.07) is 4.29. The number of aromatic nitrogens is 1. The normalized spacial score (nSPS) is 26.1. The number of hydrogen-bond donors (Lipinski definition) is 1. The van der Waals surface area contributed by atoms with Gasteiger partial charge in [0.2, 0.25) is 0 Å². The Morgan fingerprint density at radius 2 is 1.80 bits per heavy atom. The highest BCUT2D eigenvalue weighted by Crippen LogP contribution is 2.51. The van der Waals surface area contributed by atoms with E-state index in [1.54, 1.807) is 0 Å². The standard InChI is InChI=1S/C21H33N3O/c1-2-15-24(14-1)16-17-25-21(19-4-3-11-23-18-19)7-5-20(6-8-21)9-12-22-13-10-20/h3-4,11,18,22H,1-2,5-10,12-17H2. The Morgan fingerprint density at radius 3 is 2.48 bits per heavy atom. The first-order valence-corrected chi connectivity index (χ1v) is 10.3. The minimum atomic E-state index is -0.107. The van der Waals surface area contributed by atoms with Crippen LogP contribution in [0.25, 0.3) is 0 Å². The van der Waals surface area contributed by atoms with Gasteiger partial charge in [0.15, 0.2) is 0 Å². The monoisotopic (exact) mass is 343 g/mol. The third-order valence-electron chi connectivity index (χ3n) is 6.95. The molecule has 4 rings (SSSR count). The van der Waals surface area contributed by atoms with Crippen molar-refractivity contribution in [2.75, 3.05) is 39.3 Å². The van der Waals surface area contributed by atoms with Gasteiger partial charge in [-0.15, -0.1) is 0 Å². The molecule has 1 aromatic rings. The second-order valence-corrected chi connectivity index (χ2v) is 8.38. The molecule has 0 atom stereocenters. The number of piperidine rings is 1. The molecule has 3 aliphatic rings. The molecule has 0 amide bonds. The summed E-state index contributed by atoms with van der Waals surface area (Å²) in [6.45, 7) is 6.81. The van der Waals surface area contributed by atoms with Crippen LogP contribution < -0.4 is 5.32 Å². The Balaban J connectivity index is 1.43. The van der Waals surface area contributed by atoms with E-state index in [2.05, 4.69) is 27.3 Å². The summed E-state index contributed by atoms with van der Waals surface area (Å²) in [5, 5.41) is 3.53. The zero-order chi connectivity index (χ0) is 17.0. The minimum absolute atomic E-state index is 0.107. The fourth-order valence-corrected chi connectivity index (χ4v) is 5.17. The second-order valence-electron chi connectivity index (χ2n) is 8.38. The van der Waals surface area contributed by atoms with Crippen LogP contribution in [0, 0.1) is 5.41 Å². The highest BCUT2D eigenvalue weighted by atomic mass is 16.5. The number of likely N-dealkylation sites (tertiary alicyclic amines) is 1. The molecule has 1 saturated carbocycles. The van der Waals surface area contributed by atoms with Gasteiger partial charge in [-0.3, -0.25) is 4.98 Å². The molecule has 3 heterocycles. The Labute approximate surface area is 152 Å². The van der Waals surface area contributed by atoms with Gasteiger partial charge < -0.3 is 15.0 Å². The lowest BCUT2D eigenvalue weighted by Gasteiger charge is -2.48. The van der Waals surface area contributed by atoms with E-state index in [1.165, 1.54) is 70.3 Å². The third kappa shape index (κ3) is 3.91. The van der Waals surface area contributed by atoms with E-state index in [4.69, 9.17) is 4.74 Å². The van der Waals surface area contributed by atoms with Crippen molar-refractivity contribution < 1.29 is 4.74 Å². The quantitative estimate of drug-likeness (QED) is 0.890. The molecule has 0 unspecified atom stereocenters. The van der Waals surface area contributed by atoms with Crippen molar-refractivity contribution in [2.45, 2.75) is 57.0 Å². The molecule has 3 fully saturated rings. The van der Waals surface area contributed by atoms with Crippen LogP contribution in [0.15, 0.2) is 24.5 Å². The number of ether oxygens (including phenoxy) is 1. The molecule has 0 bridgehead atoms. The van der Waals surface area contributed by atoms with Crippen molar-refractivity contribution >= 4 is 0 Å². The van der Waals surface area contributed by atoms with Crippen LogP contribution in [-0.2, 0) is 10.3 Å². The first-order chi connectivity index (χ1) is 12.3. The van der Waals surface area contributed by atoms with E-state index < -0.39 is 0 Å². The SMILES string of the molecule is c1cncc(C2(OCCN3CCCC3)CCC3(CCNCC3)CC2)c1. The Morgan fingerprint density at radius 1 is 1.04 bits per heavy atom. The van der Waals surface area contributed by atoms with Gasteiger partial charge in [0, 0.05) is 24.5 Å². The van der Waals surface area contributed by atoms with Gasteiger partial charge in [-0.2, -0.15) is 0 Å². The zero-order valence-electron chi connectivity index (χ0n) is 15.5. The topological polar surface area (TPSA) is 37.4 Å². The first kappa shape index (κ1) is 17.4. The number of pyridine rings is 1. The van der Waals surface area contributed by atoms with E-state index in [9.17, 15) is 0 Å². The van der Waals surface area contributed by atoms with Crippen molar-refractivity contribution in [3.63, 3.8) is 0 Å². The lowest BCUT2D eigenvalue weighted by atomic mass is 9.63. The lowest BCUT2D eigenvalue weighted by molar-refractivity contribution is -0.106. The molecule has 1 aromatic heterocycles. The summed E-state index contributed by atoms with van der Waals surface area (Å²) in [6.07, 6.45) is 14.2. The Kier molecular flexibility index (Phi) is 5.39. The average molecular weight is 344 g/mol. The maximum absolute atomic E-state index is 6.66. The third-order valence-corrected chi connectivity index (χ3v) is 6.95. The summed E-state index contributed by atoms with van der Waals surface area (Å²) in [5.41, 5.74) is 1.75. The number of rotatable bonds is 5. The molecule has 2 aliphatic heterocycles. The highest BCUT2D eigenvalue weighted by molar-refractivity contribution is 5.20. The minimum Gasteiger partial charge on any atom is -0.369 e. The number of nitrogens with zero attached hydrogens (tertiary/aromatic N) is 2. The van der Waals surface area contributed by atoms with Crippen molar-refractivity contribution in [1.29, 1.82) is 0 Å². The molecule has 4 nitrogen and oxygen atoms in total. The van der Waals surface area contributed by atoms with Crippen molar-refractivity contribution in [3.8, 4) is 0 Å². The molecule has 1 aliphatic carbocycles. The smallest absolute Gasteiger partial charge is 0.0947 e. The molecule has 4 heteroatoms.